The SMILES string of the molecule is CN(CCCc1cc(-c2ccccc2)n[nH]1)C(=O)C1CCN(c2ccc3nncn3n2)CC1. The Bertz CT molecular complexity index is 1210. The zero-order valence-electron chi connectivity index (χ0n) is 18.8. The summed E-state index contributed by atoms with van der Waals surface area (Å²) in [5, 5.41) is 20.0. The summed E-state index contributed by atoms with van der Waals surface area (Å²) in [7, 11) is 1.92. The number of hydrogen-bond donors (Lipinski definition) is 1. The van der Waals surface area contributed by atoms with Crippen LogP contribution in [0, 0.1) is 5.92 Å². The summed E-state index contributed by atoms with van der Waals surface area (Å²) in [5.74, 6) is 1.21. The van der Waals surface area contributed by atoms with Gasteiger partial charge >= 0.3 is 0 Å². The van der Waals surface area contributed by atoms with Gasteiger partial charge in [-0.3, -0.25) is 9.89 Å². The highest BCUT2D eigenvalue weighted by molar-refractivity contribution is 5.79. The van der Waals surface area contributed by atoms with Gasteiger partial charge in [-0.25, -0.2) is 0 Å². The lowest BCUT2D eigenvalue weighted by Crippen LogP contribution is -2.42. The molecule has 0 unspecified atom stereocenters. The van der Waals surface area contributed by atoms with E-state index in [2.05, 4.69) is 48.6 Å². The van der Waals surface area contributed by atoms with E-state index in [0.29, 0.717) is 0 Å². The molecule has 1 aliphatic rings. The summed E-state index contributed by atoms with van der Waals surface area (Å²) < 4.78 is 1.68. The van der Waals surface area contributed by atoms with E-state index >= 15 is 0 Å². The number of rotatable bonds is 7. The third-order valence-corrected chi connectivity index (χ3v) is 6.33. The first-order valence-electron chi connectivity index (χ1n) is 11.4. The molecule has 9 heteroatoms. The van der Waals surface area contributed by atoms with Crippen molar-refractivity contribution in [3.8, 4) is 11.3 Å². The van der Waals surface area contributed by atoms with Crippen LogP contribution in [0.5, 0.6) is 0 Å². The Hall–Kier alpha value is -3.75. The van der Waals surface area contributed by atoms with Gasteiger partial charge in [0.2, 0.25) is 5.91 Å². The number of hydrogen-bond acceptors (Lipinski definition) is 6. The van der Waals surface area contributed by atoms with Crippen molar-refractivity contribution >= 4 is 17.4 Å². The number of nitrogens with zero attached hydrogens (tertiary/aromatic N) is 7. The molecule has 0 aliphatic carbocycles. The van der Waals surface area contributed by atoms with Crippen molar-refractivity contribution in [2.75, 3.05) is 31.6 Å². The number of benzene rings is 1. The molecule has 0 saturated carbocycles. The maximum Gasteiger partial charge on any atom is 0.225 e. The molecule has 4 aromatic rings. The van der Waals surface area contributed by atoms with Crippen LogP contribution in [-0.2, 0) is 11.2 Å². The highest BCUT2D eigenvalue weighted by atomic mass is 16.2. The van der Waals surface area contributed by atoms with Gasteiger partial charge in [0.1, 0.15) is 12.1 Å². The van der Waals surface area contributed by atoms with Crippen LogP contribution in [0.3, 0.4) is 0 Å². The highest BCUT2D eigenvalue weighted by Gasteiger charge is 2.27. The first-order valence-corrected chi connectivity index (χ1v) is 11.4. The minimum absolute atomic E-state index is 0.0710. The first kappa shape index (κ1) is 21.1. The van der Waals surface area contributed by atoms with Crippen molar-refractivity contribution in [2.24, 2.45) is 5.92 Å². The molecule has 1 N–H and O–H groups in total. The molecule has 33 heavy (non-hydrogen) atoms. The molecule has 9 nitrogen and oxygen atoms in total. The van der Waals surface area contributed by atoms with Crippen LogP contribution in [0.4, 0.5) is 5.82 Å². The van der Waals surface area contributed by atoms with Crippen LogP contribution < -0.4 is 4.90 Å². The molecule has 1 amide bonds. The maximum atomic E-state index is 13.0. The molecular weight excluding hydrogens is 416 g/mol. The summed E-state index contributed by atoms with van der Waals surface area (Å²) in [6, 6.07) is 16.1. The fourth-order valence-corrected chi connectivity index (χ4v) is 4.42. The molecule has 0 atom stereocenters. The van der Waals surface area contributed by atoms with Crippen LogP contribution >= 0.6 is 0 Å². The summed E-state index contributed by atoms with van der Waals surface area (Å²) in [6.07, 6.45) is 5.06. The number of aromatic amines is 1. The molecule has 3 aromatic heterocycles. The molecule has 4 heterocycles. The average Bonchev–Trinajstić information content (AvgIpc) is 3.53. The molecule has 170 valence electrons. The summed E-state index contributed by atoms with van der Waals surface area (Å²) in [5.41, 5.74) is 3.90. The predicted molar refractivity (Wildman–Crippen MR) is 126 cm³/mol. The number of carbonyl (C=O) groups is 1. The van der Waals surface area contributed by atoms with Gasteiger partial charge in [0.25, 0.3) is 0 Å². The van der Waals surface area contributed by atoms with Gasteiger partial charge in [-0.1, -0.05) is 30.3 Å². The van der Waals surface area contributed by atoms with Crippen molar-refractivity contribution in [1.82, 2.24) is 34.9 Å². The van der Waals surface area contributed by atoms with Crippen LogP contribution in [0.2, 0.25) is 0 Å². The summed E-state index contributed by atoms with van der Waals surface area (Å²) >= 11 is 0. The second-order valence-electron chi connectivity index (χ2n) is 8.59. The third-order valence-electron chi connectivity index (χ3n) is 6.33. The van der Waals surface area contributed by atoms with Crippen LogP contribution in [0.15, 0.2) is 54.9 Å². The van der Waals surface area contributed by atoms with Crippen LogP contribution in [0.25, 0.3) is 16.9 Å². The van der Waals surface area contributed by atoms with E-state index in [4.69, 9.17) is 0 Å². The monoisotopic (exact) mass is 444 g/mol. The minimum atomic E-state index is 0.0710. The Balaban J connectivity index is 1.08. The van der Waals surface area contributed by atoms with E-state index in [1.807, 2.05) is 42.3 Å². The number of aryl methyl sites for hydroxylation is 1. The van der Waals surface area contributed by atoms with Crippen molar-refractivity contribution in [3.05, 3.63) is 60.6 Å². The number of anilines is 1. The quantitative estimate of drug-likeness (QED) is 0.471. The van der Waals surface area contributed by atoms with E-state index < -0.39 is 0 Å². The summed E-state index contributed by atoms with van der Waals surface area (Å²) in [4.78, 5) is 17.1. The van der Waals surface area contributed by atoms with E-state index in [0.717, 1.165) is 73.7 Å². The highest BCUT2D eigenvalue weighted by Crippen LogP contribution is 2.23. The topological polar surface area (TPSA) is 95.3 Å². The van der Waals surface area contributed by atoms with Crippen LogP contribution in [-0.4, -0.2) is 67.5 Å². The molecule has 0 radical (unpaired) electrons. The molecular formula is C24H28N8O. The van der Waals surface area contributed by atoms with Gasteiger partial charge in [-0.05, 0) is 43.9 Å². The van der Waals surface area contributed by atoms with Crippen molar-refractivity contribution in [1.29, 1.82) is 0 Å². The number of carbonyl (C=O) groups excluding carboxylic acids is 1. The molecule has 0 bridgehead atoms. The maximum absolute atomic E-state index is 13.0. The molecule has 1 fully saturated rings. The largest absolute Gasteiger partial charge is 0.355 e. The second kappa shape index (κ2) is 9.40. The molecule has 0 spiro atoms. The molecule has 1 aromatic carbocycles. The Morgan fingerprint density at radius 2 is 1.97 bits per heavy atom. The Labute approximate surface area is 192 Å². The molecule has 1 saturated heterocycles. The fourth-order valence-electron chi connectivity index (χ4n) is 4.42. The minimum Gasteiger partial charge on any atom is -0.355 e. The Morgan fingerprint density at radius 3 is 2.79 bits per heavy atom. The standard InChI is InChI=1S/C24H28N8O/c1-30(13-5-8-20-16-21(27-26-20)18-6-3-2-4-7-18)24(33)19-11-14-31(15-12-19)23-10-9-22-28-25-17-32(22)29-23/h2-4,6-7,9-10,16-17,19H,5,8,11-15H2,1H3,(H,26,27). The predicted octanol–water partition coefficient (Wildman–Crippen LogP) is 2.82. The molecule has 5 rings (SSSR count). The van der Waals surface area contributed by atoms with E-state index in [9.17, 15) is 4.79 Å². The average molecular weight is 445 g/mol. The zero-order chi connectivity index (χ0) is 22.6. The summed E-state index contributed by atoms with van der Waals surface area (Å²) in [6.45, 7) is 2.38. The van der Waals surface area contributed by atoms with Crippen molar-refractivity contribution < 1.29 is 4.79 Å². The van der Waals surface area contributed by atoms with Crippen molar-refractivity contribution in [2.45, 2.75) is 25.7 Å². The van der Waals surface area contributed by atoms with E-state index in [-0.39, 0.29) is 11.8 Å². The lowest BCUT2D eigenvalue weighted by atomic mass is 9.95. The van der Waals surface area contributed by atoms with E-state index in [1.54, 1.807) is 10.8 Å². The smallest absolute Gasteiger partial charge is 0.225 e. The Morgan fingerprint density at radius 1 is 1.15 bits per heavy atom. The van der Waals surface area contributed by atoms with Gasteiger partial charge < -0.3 is 9.80 Å². The number of amides is 1. The second-order valence-corrected chi connectivity index (χ2v) is 8.59. The van der Waals surface area contributed by atoms with Crippen molar-refractivity contribution in [3.63, 3.8) is 0 Å². The van der Waals surface area contributed by atoms with Gasteiger partial charge in [0, 0.05) is 43.9 Å². The third kappa shape index (κ3) is 4.72. The number of aromatic nitrogens is 6. The van der Waals surface area contributed by atoms with Gasteiger partial charge in [0.05, 0.1) is 5.69 Å². The van der Waals surface area contributed by atoms with Gasteiger partial charge in [0.15, 0.2) is 5.65 Å². The lowest BCUT2D eigenvalue weighted by molar-refractivity contribution is -0.134. The van der Waals surface area contributed by atoms with Gasteiger partial charge in [-0.2, -0.15) is 9.61 Å². The number of piperidine rings is 1. The normalized spacial score (nSPS) is 14.6. The number of nitrogens with one attached hydrogen (secondary N) is 1. The first-order chi connectivity index (χ1) is 16.2. The Kier molecular flexibility index (Phi) is 6.01. The molecule has 1 aliphatic heterocycles. The van der Waals surface area contributed by atoms with E-state index in [1.165, 1.54) is 0 Å². The zero-order valence-corrected chi connectivity index (χ0v) is 18.8. The lowest BCUT2D eigenvalue weighted by Gasteiger charge is -2.33. The van der Waals surface area contributed by atoms with Crippen LogP contribution in [0.1, 0.15) is 25.0 Å². The van der Waals surface area contributed by atoms with Gasteiger partial charge in [-0.15, -0.1) is 15.3 Å². The fraction of sp³-hybridized carbons (Fsp3) is 0.375. The number of fused-ring (bicyclic) bond motifs is 1. The number of H-pyrrole nitrogens is 1.